The molecule has 0 aromatic rings. The second kappa shape index (κ2) is 66.9. The van der Waals surface area contributed by atoms with E-state index in [0.29, 0.717) is 25.7 Å². The highest BCUT2D eigenvalue weighted by Gasteiger charge is 2.30. The van der Waals surface area contributed by atoms with Gasteiger partial charge in [0.05, 0.1) is 26.4 Å². The number of carbonyl (C=O) groups excluding carboxylic acids is 4. The molecule has 0 rings (SSSR count). The Bertz CT molecular complexity index is 1820. The summed E-state index contributed by atoms with van der Waals surface area (Å²) in [5.41, 5.74) is 0. The van der Waals surface area contributed by atoms with E-state index in [4.69, 9.17) is 37.0 Å². The highest BCUT2D eigenvalue weighted by atomic mass is 31.2. The first-order chi connectivity index (χ1) is 45.4. The number of aliphatic hydroxyl groups excluding tert-OH is 1. The molecule has 0 amide bonds. The van der Waals surface area contributed by atoms with E-state index >= 15 is 0 Å². The number of hydrogen-bond acceptors (Lipinski definition) is 15. The SMILES string of the molecule is CCCCCCCCCCCCCCCCCC(=O)OC[C@H](COP(=O)(O)OC[C@@H](O)COP(=O)(O)OC[C@@H](COC(=O)CCCCCCCCCCCC)OC(=O)CCCCCCCCCCCCC(C)C)OC(=O)CCCCCCCCCCCCCCCC(C)C. The lowest BCUT2D eigenvalue weighted by atomic mass is 10.0. The number of rotatable bonds is 74. The summed E-state index contributed by atoms with van der Waals surface area (Å²) in [6.07, 6.45) is 54.0. The van der Waals surface area contributed by atoms with Crippen molar-refractivity contribution in [3.63, 3.8) is 0 Å². The summed E-state index contributed by atoms with van der Waals surface area (Å²) in [4.78, 5) is 72.8. The largest absolute Gasteiger partial charge is 0.472 e. The molecule has 0 aliphatic heterocycles. The summed E-state index contributed by atoms with van der Waals surface area (Å²) < 4.78 is 68.5. The van der Waals surface area contributed by atoms with Crippen molar-refractivity contribution in [3.8, 4) is 0 Å². The summed E-state index contributed by atoms with van der Waals surface area (Å²) in [7, 11) is -9.91. The minimum absolute atomic E-state index is 0.106. The van der Waals surface area contributed by atoms with Crippen LogP contribution in [0.2, 0.25) is 0 Å². The fourth-order valence-electron chi connectivity index (χ4n) is 11.5. The molecule has 0 aromatic carbocycles. The van der Waals surface area contributed by atoms with Gasteiger partial charge in [-0.3, -0.25) is 37.3 Å². The third-order valence-electron chi connectivity index (χ3n) is 17.5. The molecule has 17 nitrogen and oxygen atoms in total. The predicted octanol–water partition coefficient (Wildman–Crippen LogP) is 21.9. The van der Waals surface area contributed by atoms with E-state index in [1.165, 1.54) is 205 Å². The lowest BCUT2D eigenvalue weighted by molar-refractivity contribution is -0.161. The van der Waals surface area contributed by atoms with Crippen molar-refractivity contribution in [2.45, 2.75) is 407 Å². The van der Waals surface area contributed by atoms with E-state index < -0.39 is 97.5 Å². The van der Waals surface area contributed by atoms with Crippen LogP contribution in [0, 0.1) is 11.8 Å². The van der Waals surface area contributed by atoms with E-state index in [0.717, 1.165) is 102 Å². The third kappa shape index (κ3) is 68.6. The molecule has 0 heterocycles. The molecule has 19 heteroatoms. The Morgan fingerprint density at radius 3 is 0.723 bits per heavy atom. The Morgan fingerprint density at radius 1 is 0.287 bits per heavy atom. The van der Waals surface area contributed by atoms with Crippen LogP contribution in [0.3, 0.4) is 0 Å². The average molecular weight is 1380 g/mol. The predicted molar refractivity (Wildman–Crippen MR) is 381 cm³/mol. The molecule has 0 saturated carbocycles. The van der Waals surface area contributed by atoms with E-state index in [1.807, 2.05) is 0 Å². The van der Waals surface area contributed by atoms with Gasteiger partial charge in [0, 0.05) is 25.7 Å². The van der Waals surface area contributed by atoms with Gasteiger partial charge in [0.1, 0.15) is 19.3 Å². The van der Waals surface area contributed by atoms with Crippen molar-refractivity contribution in [2.24, 2.45) is 11.8 Å². The first-order valence-electron chi connectivity index (χ1n) is 39.0. The maximum absolute atomic E-state index is 13.1. The maximum Gasteiger partial charge on any atom is 0.472 e. The summed E-state index contributed by atoms with van der Waals surface area (Å²) in [5.74, 6) is -0.577. The van der Waals surface area contributed by atoms with Crippen molar-refractivity contribution in [2.75, 3.05) is 39.6 Å². The molecule has 0 aromatic heterocycles. The van der Waals surface area contributed by atoms with Gasteiger partial charge in [-0.2, -0.15) is 0 Å². The normalized spacial score (nSPS) is 14.0. The van der Waals surface area contributed by atoms with Gasteiger partial charge in [-0.1, -0.05) is 337 Å². The van der Waals surface area contributed by atoms with Crippen molar-refractivity contribution in [3.05, 3.63) is 0 Å². The number of phosphoric ester groups is 2. The molecule has 0 radical (unpaired) electrons. The van der Waals surface area contributed by atoms with Crippen LogP contribution in [0.4, 0.5) is 0 Å². The highest BCUT2D eigenvalue weighted by molar-refractivity contribution is 7.47. The average Bonchev–Trinajstić information content (AvgIpc) is 3.68. The monoisotopic (exact) mass is 1380 g/mol. The standard InChI is InChI=1S/C75H146O17P2/c1-7-9-11-13-15-17-19-20-21-24-27-34-40-46-52-58-73(78)86-64-71(91-74(79)59-53-47-41-35-28-25-22-23-26-31-37-43-49-55-67(3)4)66-90-94(83,84)88-62-69(76)61-87-93(81,82)89-65-70(63-85-72(77)57-51-45-39-33-18-16-14-12-10-8-2)92-75(80)60-54-48-42-36-30-29-32-38-44-50-56-68(5)6/h67-71,76H,7-66H2,1-6H3,(H,81,82)(H,83,84)/t69-,70+,71+/m0/s1. The smallest absolute Gasteiger partial charge is 0.462 e. The number of esters is 4. The first-order valence-corrected chi connectivity index (χ1v) is 42.0. The Morgan fingerprint density at radius 2 is 0.489 bits per heavy atom. The number of phosphoric acid groups is 2. The van der Waals surface area contributed by atoms with E-state index in [2.05, 4.69) is 41.5 Å². The fraction of sp³-hybridized carbons (Fsp3) is 0.947. The van der Waals surface area contributed by atoms with Crippen LogP contribution in [-0.2, 0) is 65.4 Å². The quantitative estimate of drug-likeness (QED) is 0.0222. The maximum atomic E-state index is 13.1. The molecule has 0 spiro atoms. The first kappa shape index (κ1) is 92.1. The molecule has 0 saturated heterocycles. The van der Waals surface area contributed by atoms with Crippen LogP contribution in [0.1, 0.15) is 388 Å². The Kier molecular flexibility index (Phi) is 65.5. The molecular weight excluding hydrogens is 1230 g/mol. The summed E-state index contributed by atoms with van der Waals surface area (Å²) in [5, 5.41) is 10.6. The van der Waals surface area contributed by atoms with E-state index in [1.54, 1.807) is 0 Å². The summed E-state index contributed by atoms with van der Waals surface area (Å²) in [6.45, 7) is 9.59. The molecule has 0 fully saturated rings. The van der Waals surface area contributed by atoms with Gasteiger partial charge in [0.15, 0.2) is 12.2 Å². The van der Waals surface area contributed by atoms with Crippen LogP contribution in [0.5, 0.6) is 0 Å². The number of ether oxygens (including phenoxy) is 4. The number of carbonyl (C=O) groups is 4. The fourth-order valence-corrected chi connectivity index (χ4v) is 13.1. The van der Waals surface area contributed by atoms with Crippen molar-refractivity contribution in [1.29, 1.82) is 0 Å². The van der Waals surface area contributed by atoms with E-state index in [9.17, 15) is 43.2 Å². The molecule has 2 unspecified atom stereocenters. The third-order valence-corrected chi connectivity index (χ3v) is 19.4. The van der Waals surface area contributed by atoms with Gasteiger partial charge < -0.3 is 33.8 Å². The van der Waals surface area contributed by atoms with Crippen molar-refractivity contribution in [1.82, 2.24) is 0 Å². The van der Waals surface area contributed by atoms with Crippen LogP contribution in [0.25, 0.3) is 0 Å². The Balaban J connectivity index is 5.25. The lowest BCUT2D eigenvalue weighted by Crippen LogP contribution is -2.30. The number of unbranched alkanes of at least 4 members (excludes halogenated alkanes) is 44. The minimum atomic E-state index is -4.96. The zero-order valence-electron chi connectivity index (χ0n) is 61.3. The topological polar surface area (TPSA) is 237 Å². The molecule has 558 valence electrons. The molecule has 94 heavy (non-hydrogen) atoms. The lowest BCUT2D eigenvalue weighted by Gasteiger charge is -2.21. The Labute approximate surface area is 575 Å². The second-order valence-electron chi connectivity index (χ2n) is 28.0. The summed E-state index contributed by atoms with van der Waals surface area (Å²) >= 11 is 0. The van der Waals surface area contributed by atoms with Gasteiger partial charge in [0.2, 0.25) is 0 Å². The number of hydrogen-bond donors (Lipinski definition) is 3. The van der Waals surface area contributed by atoms with E-state index in [-0.39, 0.29) is 25.7 Å². The number of aliphatic hydroxyl groups is 1. The molecule has 5 atom stereocenters. The molecule has 3 N–H and O–H groups in total. The van der Waals surface area contributed by atoms with Gasteiger partial charge in [-0.05, 0) is 37.5 Å². The second-order valence-corrected chi connectivity index (χ2v) is 30.9. The van der Waals surface area contributed by atoms with Crippen molar-refractivity contribution < 1.29 is 80.2 Å². The van der Waals surface area contributed by atoms with Crippen LogP contribution >= 0.6 is 15.6 Å². The van der Waals surface area contributed by atoms with Crippen LogP contribution in [0.15, 0.2) is 0 Å². The molecule has 0 aliphatic carbocycles. The van der Waals surface area contributed by atoms with Crippen LogP contribution < -0.4 is 0 Å². The summed E-state index contributed by atoms with van der Waals surface area (Å²) in [6, 6.07) is 0. The zero-order valence-corrected chi connectivity index (χ0v) is 63.1. The van der Waals surface area contributed by atoms with Crippen LogP contribution in [-0.4, -0.2) is 96.7 Å². The zero-order chi connectivity index (χ0) is 69.3. The van der Waals surface area contributed by atoms with Gasteiger partial charge in [0.25, 0.3) is 0 Å². The molecule has 0 aliphatic rings. The Hall–Kier alpha value is -1.94. The van der Waals surface area contributed by atoms with Crippen molar-refractivity contribution >= 4 is 39.5 Å². The van der Waals surface area contributed by atoms with Gasteiger partial charge >= 0.3 is 39.5 Å². The van der Waals surface area contributed by atoms with Gasteiger partial charge in [-0.25, -0.2) is 9.13 Å². The van der Waals surface area contributed by atoms with Gasteiger partial charge in [-0.15, -0.1) is 0 Å². The highest BCUT2D eigenvalue weighted by Crippen LogP contribution is 2.45. The minimum Gasteiger partial charge on any atom is -0.462 e. The molecule has 0 bridgehead atoms. The molecular formula is C75H146O17P2.